The van der Waals surface area contributed by atoms with E-state index in [0.29, 0.717) is 12.2 Å². The minimum Gasteiger partial charge on any atom is -0.387 e. The number of nitrogens with one attached hydrogen (secondary N) is 1. The van der Waals surface area contributed by atoms with Crippen LogP contribution in [-0.2, 0) is 16.6 Å². The number of sulfonamides is 1. The number of aromatic nitrogens is 1. The second-order valence-corrected chi connectivity index (χ2v) is 6.81. The normalized spacial score (nSPS) is 11.7. The molecule has 0 aliphatic rings. The minimum absolute atomic E-state index is 0.190. The van der Waals surface area contributed by atoms with Crippen molar-refractivity contribution in [1.29, 1.82) is 0 Å². The maximum Gasteiger partial charge on any atom is 0.246 e. The molecule has 1 N–H and O–H groups in total. The molecule has 0 aromatic carbocycles. The van der Waals surface area contributed by atoms with Crippen LogP contribution in [0.3, 0.4) is 0 Å². The summed E-state index contributed by atoms with van der Waals surface area (Å²) in [6.45, 7) is 0.351. The maximum absolute atomic E-state index is 12.5. The van der Waals surface area contributed by atoms with Gasteiger partial charge in [-0.25, -0.2) is 8.42 Å². The predicted octanol–water partition coefficient (Wildman–Crippen LogP) is 2.01. The van der Waals surface area contributed by atoms with Gasteiger partial charge in [0.1, 0.15) is 4.90 Å². The second kappa shape index (κ2) is 5.68. The molecule has 0 unspecified atom stereocenters. The summed E-state index contributed by atoms with van der Waals surface area (Å²) in [5, 5.41) is 6.74. The topological polar surface area (TPSA) is 62.3 Å². The molecule has 0 radical (unpaired) electrons. The smallest absolute Gasteiger partial charge is 0.246 e. The Bertz CT molecular complexity index is 639. The number of hydrogen-bond acceptors (Lipinski definition) is 5. The first kappa shape index (κ1) is 14.0. The van der Waals surface area contributed by atoms with Gasteiger partial charge in [0.2, 0.25) is 10.0 Å². The standard InChI is InChI=1S/C12H15N3O2S2/c1-13-11-3-5-14-7-12(11)19(16,17)15(2)8-10-4-6-18-9-10/h3-7,9H,8H2,1-2H3,(H,13,14). The van der Waals surface area contributed by atoms with Gasteiger partial charge in [-0.15, -0.1) is 0 Å². The molecule has 102 valence electrons. The predicted molar refractivity (Wildman–Crippen MR) is 76.8 cm³/mol. The molecule has 2 rings (SSSR count). The SMILES string of the molecule is CNc1ccncc1S(=O)(=O)N(C)Cc1ccsc1. The molecule has 5 nitrogen and oxygen atoms in total. The van der Waals surface area contributed by atoms with Gasteiger partial charge < -0.3 is 5.32 Å². The van der Waals surface area contributed by atoms with Gasteiger partial charge in [0, 0.05) is 33.0 Å². The van der Waals surface area contributed by atoms with Crippen molar-refractivity contribution >= 4 is 27.0 Å². The molecule has 2 heterocycles. The van der Waals surface area contributed by atoms with Gasteiger partial charge in [-0.05, 0) is 28.5 Å². The molecule has 0 aliphatic heterocycles. The summed E-state index contributed by atoms with van der Waals surface area (Å²) in [5.41, 5.74) is 1.53. The lowest BCUT2D eigenvalue weighted by atomic mass is 10.3. The fraction of sp³-hybridized carbons (Fsp3) is 0.250. The summed E-state index contributed by atoms with van der Waals surface area (Å²) in [5.74, 6) is 0. The third-order valence-electron chi connectivity index (χ3n) is 2.73. The van der Waals surface area contributed by atoms with E-state index in [0.717, 1.165) is 5.56 Å². The summed E-state index contributed by atoms with van der Waals surface area (Å²) >= 11 is 1.55. The zero-order chi connectivity index (χ0) is 13.9. The van der Waals surface area contributed by atoms with Gasteiger partial charge in [0.15, 0.2) is 0 Å². The molecule has 2 aromatic heterocycles. The molecule has 7 heteroatoms. The summed E-state index contributed by atoms with van der Waals surface area (Å²) < 4.78 is 26.3. The lowest BCUT2D eigenvalue weighted by Gasteiger charge is -2.18. The number of pyridine rings is 1. The summed E-state index contributed by atoms with van der Waals surface area (Å²) in [6, 6.07) is 3.56. The molecule has 2 aromatic rings. The monoisotopic (exact) mass is 297 g/mol. The van der Waals surface area contributed by atoms with E-state index < -0.39 is 10.0 Å². The molecular weight excluding hydrogens is 282 g/mol. The van der Waals surface area contributed by atoms with Crippen LogP contribution in [0.5, 0.6) is 0 Å². The molecule has 0 atom stereocenters. The average molecular weight is 297 g/mol. The fourth-order valence-corrected chi connectivity index (χ4v) is 3.64. The molecular formula is C12H15N3O2S2. The zero-order valence-corrected chi connectivity index (χ0v) is 12.3. The van der Waals surface area contributed by atoms with E-state index in [1.165, 1.54) is 10.5 Å². The lowest BCUT2D eigenvalue weighted by molar-refractivity contribution is 0.467. The minimum atomic E-state index is -3.54. The highest BCUT2D eigenvalue weighted by Crippen LogP contribution is 2.23. The Hall–Kier alpha value is -1.44. The van der Waals surface area contributed by atoms with Gasteiger partial charge in [-0.3, -0.25) is 4.98 Å². The van der Waals surface area contributed by atoms with Gasteiger partial charge in [0.25, 0.3) is 0 Å². The third kappa shape index (κ3) is 2.94. The molecule has 0 amide bonds. The van der Waals surface area contributed by atoms with Crippen molar-refractivity contribution in [2.24, 2.45) is 0 Å². The molecule has 0 spiro atoms. The average Bonchev–Trinajstić information content (AvgIpc) is 2.91. The number of nitrogens with zero attached hydrogens (tertiary/aromatic N) is 2. The van der Waals surface area contributed by atoms with Crippen LogP contribution in [0.4, 0.5) is 5.69 Å². The summed E-state index contributed by atoms with van der Waals surface area (Å²) in [4.78, 5) is 4.09. The van der Waals surface area contributed by atoms with E-state index in [1.807, 2.05) is 16.8 Å². The molecule has 0 aliphatic carbocycles. The number of rotatable bonds is 5. The highest BCUT2D eigenvalue weighted by molar-refractivity contribution is 7.89. The van der Waals surface area contributed by atoms with E-state index in [4.69, 9.17) is 0 Å². The van der Waals surface area contributed by atoms with E-state index in [-0.39, 0.29) is 4.90 Å². The van der Waals surface area contributed by atoms with E-state index in [2.05, 4.69) is 10.3 Å². The van der Waals surface area contributed by atoms with Gasteiger partial charge >= 0.3 is 0 Å². The van der Waals surface area contributed by atoms with E-state index in [1.54, 1.807) is 37.7 Å². The van der Waals surface area contributed by atoms with Crippen LogP contribution in [0.2, 0.25) is 0 Å². The van der Waals surface area contributed by atoms with Crippen molar-refractivity contribution in [3.8, 4) is 0 Å². The van der Waals surface area contributed by atoms with Crippen molar-refractivity contribution in [2.45, 2.75) is 11.4 Å². The van der Waals surface area contributed by atoms with Crippen LogP contribution in [-0.4, -0.2) is 31.8 Å². The largest absolute Gasteiger partial charge is 0.387 e. The van der Waals surface area contributed by atoms with Crippen LogP contribution >= 0.6 is 11.3 Å². The zero-order valence-electron chi connectivity index (χ0n) is 10.7. The number of hydrogen-bond donors (Lipinski definition) is 1. The first-order valence-electron chi connectivity index (χ1n) is 5.65. The van der Waals surface area contributed by atoms with Crippen molar-refractivity contribution in [1.82, 2.24) is 9.29 Å². The van der Waals surface area contributed by atoms with Crippen LogP contribution in [0.15, 0.2) is 40.2 Å². The Labute approximate surface area is 117 Å². The molecule has 19 heavy (non-hydrogen) atoms. The van der Waals surface area contributed by atoms with Crippen LogP contribution in [0.1, 0.15) is 5.56 Å². The van der Waals surface area contributed by atoms with Crippen LogP contribution in [0, 0.1) is 0 Å². The van der Waals surface area contributed by atoms with Crippen molar-refractivity contribution in [3.05, 3.63) is 40.8 Å². The second-order valence-electron chi connectivity index (χ2n) is 4.01. The first-order valence-corrected chi connectivity index (χ1v) is 8.03. The quantitative estimate of drug-likeness (QED) is 0.917. The Balaban J connectivity index is 2.31. The molecule has 0 bridgehead atoms. The molecule has 0 saturated carbocycles. The Morgan fingerprint density at radius 1 is 1.42 bits per heavy atom. The third-order valence-corrected chi connectivity index (χ3v) is 5.29. The summed E-state index contributed by atoms with van der Waals surface area (Å²) in [7, 11) is -0.288. The Kier molecular flexibility index (Phi) is 4.18. The molecule has 0 saturated heterocycles. The fourth-order valence-electron chi connectivity index (χ4n) is 1.68. The van der Waals surface area contributed by atoms with Crippen LogP contribution in [0.25, 0.3) is 0 Å². The number of thiophene rings is 1. The van der Waals surface area contributed by atoms with Crippen LogP contribution < -0.4 is 5.32 Å². The van der Waals surface area contributed by atoms with E-state index in [9.17, 15) is 8.42 Å². The van der Waals surface area contributed by atoms with Gasteiger partial charge in [0.05, 0.1) is 5.69 Å². The highest BCUT2D eigenvalue weighted by atomic mass is 32.2. The highest BCUT2D eigenvalue weighted by Gasteiger charge is 2.24. The first-order chi connectivity index (χ1) is 9.05. The Morgan fingerprint density at radius 3 is 2.84 bits per heavy atom. The lowest BCUT2D eigenvalue weighted by Crippen LogP contribution is -2.27. The van der Waals surface area contributed by atoms with Crippen molar-refractivity contribution < 1.29 is 8.42 Å². The van der Waals surface area contributed by atoms with Gasteiger partial charge in [-0.1, -0.05) is 0 Å². The summed E-state index contributed by atoms with van der Waals surface area (Å²) in [6.07, 6.45) is 2.93. The Morgan fingerprint density at radius 2 is 2.21 bits per heavy atom. The van der Waals surface area contributed by atoms with Crippen molar-refractivity contribution in [3.63, 3.8) is 0 Å². The molecule has 0 fully saturated rings. The van der Waals surface area contributed by atoms with E-state index >= 15 is 0 Å². The van der Waals surface area contributed by atoms with Gasteiger partial charge in [-0.2, -0.15) is 15.6 Å². The maximum atomic E-state index is 12.5. The van der Waals surface area contributed by atoms with Crippen molar-refractivity contribution in [2.75, 3.05) is 19.4 Å². The number of anilines is 1.